The van der Waals surface area contributed by atoms with Crippen LogP contribution >= 0.6 is 0 Å². The van der Waals surface area contributed by atoms with Gasteiger partial charge in [0.15, 0.2) is 0 Å². The first-order chi connectivity index (χ1) is 14.6. The topological polar surface area (TPSA) is 37.3 Å². The van der Waals surface area contributed by atoms with Gasteiger partial charge in [-0.3, -0.25) is 4.79 Å². The van der Waals surface area contributed by atoms with Crippen LogP contribution in [0.15, 0.2) is 11.6 Å². The van der Waals surface area contributed by atoms with Crippen molar-refractivity contribution in [1.82, 2.24) is 0 Å². The van der Waals surface area contributed by atoms with Crippen LogP contribution in [0, 0.1) is 50.2 Å². The highest BCUT2D eigenvalue weighted by Gasteiger charge is 2.69. The Labute approximate surface area is 197 Å². The number of hydrogen-bond acceptors (Lipinski definition) is 2. The molecule has 4 fully saturated rings. The minimum Gasteiger partial charge on any atom is -0.392 e. The summed E-state index contributed by atoms with van der Waals surface area (Å²) in [6, 6.07) is 0. The van der Waals surface area contributed by atoms with Crippen molar-refractivity contribution in [2.45, 2.75) is 119 Å². The Hall–Kier alpha value is -0.630. The Morgan fingerprint density at radius 2 is 1.53 bits per heavy atom. The summed E-state index contributed by atoms with van der Waals surface area (Å²) in [5.41, 5.74) is 2.52. The van der Waals surface area contributed by atoms with E-state index in [1.165, 1.54) is 38.5 Å². The monoisotopic (exact) mass is 440 g/mol. The minimum absolute atomic E-state index is 0.166. The number of fused-ring (bicyclic) bond motifs is 7. The molecule has 2 heteroatoms. The third-order valence-electron chi connectivity index (χ3n) is 12.9. The average molecular weight is 441 g/mol. The molecule has 0 aromatic carbocycles. The molecule has 0 aromatic heterocycles. The van der Waals surface area contributed by atoms with E-state index < -0.39 is 6.10 Å². The zero-order chi connectivity index (χ0) is 23.5. The van der Waals surface area contributed by atoms with Crippen LogP contribution in [-0.4, -0.2) is 17.0 Å². The number of aliphatic hydroxyl groups is 1. The van der Waals surface area contributed by atoms with Crippen LogP contribution in [0.2, 0.25) is 0 Å². The van der Waals surface area contributed by atoms with Crippen molar-refractivity contribution in [1.29, 1.82) is 0 Å². The van der Waals surface area contributed by atoms with E-state index in [2.05, 4.69) is 61.5 Å². The van der Waals surface area contributed by atoms with Crippen molar-refractivity contribution < 1.29 is 9.90 Å². The summed E-state index contributed by atoms with van der Waals surface area (Å²) < 4.78 is 0. The third kappa shape index (κ3) is 2.65. The molecule has 0 amide bonds. The van der Waals surface area contributed by atoms with Gasteiger partial charge in [0.2, 0.25) is 0 Å². The molecule has 0 aromatic rings. The molecule has 0 aliphatic heterocycles. The van der Waals surface area contributed by atoms with E-state index in [0.717, 1.165) is 12.8 Å². The maximum Gasteiger partial charge on any atom is 0.141 e. The highest BCUT2D eigenvalue weighted by atomic mass is 16.3. The Morgan fingerprint density at radius 1 is 0.875 bits per heavy atom. The Morgan fingerprint density at radius 3 is 2.22 bits per heavy atom. The molecule has 5 aliphatic rings. The lowest BCUT2D eigenvalue weighted by Crippen LogP contribution is -2.67. The average Bonchev–Trinajstić information content (AvgIpc) is 2.68. The van der Waals surface area contributed by atoms with E-state index in [0.29, 0.717) is 34.9 Å². The summed E-state index contributed by atoms with van der Waals surface area (Å²) in [4.78, 5) is 13.7. The fourth-order valence-electron chi connectivity index (χ4n) is 10.2. The molecule has 1 unspecified atom stereocenters. The molecule has 32 heavy (non-hydrogen) atoms. The van der Waals surface area contributed by atoms with Crippen LogP contribution in [0.25, 0.3) is 0 Å². The second kappa shape index (κ2) is 6.52. The second-order valence-corrected chi connectivity index (χ2v) is 15.1. The molecule has 1 N–H and O–H groups in total. The maximum absolute atomic E-state index is 13.7. The number of rotatable bonds is 0. The first kappa shape index (κ1) is 23.1. The molecule has 0 heterocycles. The third-order valence-corrected chi connectivity index (χ3v) is 12.9. The summed E-state index contributed by atoms with van der Waals surface area (Å²) in [5.74, 6) is 1.71. The Bertz CT molecular complexity index is 866. The maximum atomic E-state index is 13.7. The zero-order valence-electron chi connectivity index (χ0n) is 22.1. The van der Waals surface area contributed by atoms with E-state index in [1.54, 1.807) is 5.57 Å². The van der Waals surface area contributed by atoms with Crippen LogP contribution in [0.3, 0.4) is 0 Å². The molecule has 0 saturated heterocycles. The summed E-state index contributed by atoms with van der Waals surface area (Å²) in [5, 5.41) is 10.8. The number of aliphatic hydroxyl groups excluding tert-OH is 1. The number of allylic oxidation sites excluding steroid dienone is 2. The van der Waals surface area contributed by atoms with Gasteiger partial charge in [-0.2, -0.15) is 0 Å². The van der Waals surface area contributed by atoms with Gasteiger partial charge < -0.3 is 5.11 Å². The van der Waals surface area contributed by atoms with Crippen molar-refractivity contribution >= 4 is 5.78 Å². The van der Waals surface area contributed by atoms with Crippen molar-refractivity contribution in [2.24, 2.45) is 50.2 Å². The van der Waals surface area contributed by atoms with Crippen LogP contribution in [-0.2, 0) is 4.79 Å². The van der Waals surface area contributed by atoms with Gasteiger partial charge in [-0.1, -0.05) is 67.0 Å². The van der Waals surface area contributed by atoms with E-state index in [1.807, 2.05) is 0 Å². The summed E-state index contributed by atoms with van der Waals surface area (Å²) in [7, 11) is 0. The highest BCUT2D eigenvalue weighted by Crippen LogP contribution is 2.75. The molecule has 5 rings (SSSR count). The zero-order valence-corrected chi connectivity index (χ0v) is 22.1. The van der Waals surface area contributed by atoms with E-state index in [-0.39, 0.29) is 27.6 Å². The normalized spacial score (nSPS) is 53.9. The number of hydrogen-bond donors (Lipinski definition) is 1. The van der Waals surface area contributed by atoms with Gasteiger partial charge in [-0.25, -0.2) is 0 Å². The lowest BCUT2D eigenvalue weighted by Gasteiger charge is -2.70. The molecule has 4 saturated carbocycles. The number of ketones is 1. The van der Waals surface area contributed by atoms with E-state index >= 15 is 0 Å². The fraction of sp³-hybridized carbons (Fsp3) is 0.900. The van der Waals surface area contributed by atoms with E-state index in [4.69, 9.17) is 0 Å². The number of carbonyl (C=O) groups excluding carboxylic acids is 1. The summed E-state index contributed by atoms with van der Waals surface area (Å²) >= 11 is 0. The molecule has 180 valence electrons. The first-order valence-electron chi connectivity index (χ1n) is 13.5. The van der Waals surface area contributed by atoms with Crippen molar-refractivity contribution in [3.8, 4) is 0 Å². The van der Waals surface area contributed by atoms with Gasteiger partial charge in [0.1, 0.15) is 5.78 Å². The Balaban J connectivity index is 1.61. The van der Waals surface area contributed by atoms with Crippen molar-refractivity contribution in [3.05, 3.63) is 11.6 Å². The highest BCUT2D eigenvalue weighted by molar-refractivity contribution is 5.87. The van der Waals surface area contributed by atoms with E-state index in [9.17, 15) is 9.90 Å². The molecule has 8 atom stereocenters. The van der Waals surface area contributed by atoms with Gasteiger partial charge in [-0.15, -0.1) is 0 Å². The molecule has 0 bridgehead atoms. The summed E-state index contributed by atoms with van der Waals surface area (Å²) in [6.07, 6.45) is 12.5. The quantitative estimate of drug-likeness (QED) is 0.400. The van der Waals surface area contributed by atoms with Gasteiger partial charge in [0, 0.05) is 11.8 Å². The largest absolute Gasteiger partial charge is 0.392 e. The number of Topliss-reactive ketones (excluding diaryl/α,β-unsaturated/α-hetero) is 1. The number of carbonyl (C=O) groups is 1. The van der Waals surface area contributed by atoms with Crippen LogP contribution in [0.5, 0.6) is 0 Å². The van der Waals surface area contributed by atoms with Gasteiger partial charge >= 0.3 is 0 Å². The van der Waals surface area contributed by atoms with Crippen LogP contribution in [0.1, 0.15) is 113 Å². The van der Waals surface area contributed by atoms with Crippen molar-refractivity contribution in [3.63, 3.8) is 0 Å². The molecule has 0 radical (unpaired) electrons. The minimum atomic E-state index is -0.498. The van der Waals surface area contributed by atoms with Gasteiger partial charge in [-0.05, 0) is 96.2 Å². The molecule has 2 nitrogen and oxygen atoms in total. The second-order valence-electron chi connectivity index (χ2n) is 15.1. The Kier molecular flexibility index (Phi) is 4.71. The molecular formula is C30H48O2. The lowest BCUT2D eigenvalue weighted by atomic mass is 9.33. The SMILES string of the molecule is CC1(C)CC[C@]2(C)CC[C@]3(C)C(=CC[C@@H]4[C@@]5(C)C(=O)CC(O)C(C)(C)[C@@H]5CC[C@]43C)[C@@H]2C1. The predicted molar refractivity (Wildman–Crippen MR) is 131 cm³/mol. The van der Waals surface area contributed by atoms with Crippen LogP contribution in [0.4, 0.5) is 0 Å². The smallest absolute Gasteiger partial charge is 0.141 e. The van der Waals surface area contributed by atoms with Gasteiger partial charge in [0.25, 0.3) is 0 Å². The summed E-state index contributed by atoms with van der Waals surface area (Å²) in [6.45, 7) is 19.4. The standard InChI is InChI=1S/C30H48O2/c1-25(2)13-14-27(5)15-16-28(6)19(20(27)18-25)9-10-22-29(28,7)12-11-21-26(3,4)23(31)17-24(32)30(21,22)8/h9,20-23,31H,10-18H2,1-8H3/t20-,21-,22-,23?,27+,28+,29+,30-/m0/s1. The molecule has 5 aliphatic carbocycles. The van der Waals surface area contributed by atoms with Crippen LogP contribution < -0.4 is 0 Å². The first-order valence-corrected chi connectivity index (χ1v) is 13.5. The lowest BCUT2D eigenvalue weighted by molar-refractivity contribution is -0.201. The predicted octanol–water partition coefficient (Wildman–Crippen LogP) is 7.35. The molecular weight excluding hydrogens is 392 g/mol. The molecule has 0 spiro atoms. The fourth-order valence-corrected chi connectivity index (χ4v) is 10.2. The van der Waals surface area contributed by atoms with Gasteiger partial charge in [0.05, 0.1) is 6.10 Å². The van der Waals surface area contributed by atoms with Crippen molar-refractivity contribution in [2.75, 3.05) is 0 Å².